The quantitative estimate of drug-likeness (QED) is 0.483. The lowest BCUT2D eigenvalue weighted by Gasteiger charge is -2.38. The van der Waals surface area contributed by atoms with Gasteiger partial charge in [0.25, 0.3) is 0 Å². The average Bonchev–Trinajstić information content (AvgIpc) is 3.33. The van der Waals surface area contributed by atoms with E-state index in [1.807, 2.05) is 6.92 Å². The first-order valence-corrected chi connectivity index (χ1v) is 12.4. The molecular formula is C24H33FN8O4. The average molecular weight is 517 g/mol. The molecule has 0 spiro atoms. The Kier molecular flexibility index (Phi) is 8.88. The SMILES string of the molecule is CCOc1cnc(NC(=O)N(C)[C@H]2CCCN(c3cc(OC(=O)NC[C@@H]4C[C@@H](F)CN4)ccn3)C2)cn1. The van der Waals surface area contributed by atoms with Crippen LogP contribution in [0.2, 0.25) is 0 Å². The van der Waals surface area contributed by atoms with E-state index in [4.69, 9.17) is 9.47 Å². The first-order valence-electron chi connectivity index (χ1n) is 12.4. The van der Waals surface area contributed by atoms with Gasteiger partial charge in [-0.2, -0.15) is 0 Å². The molecule has 12 nitrogen and oxygen atoms in total. The summed E-state index contributed by atoms with van der Waals surface area (Å²) in [4.78, 5) is 41.4. The zero-order valence-corrected chi connectivity index (χ0v) is 21.0. The first kappa shape index (κ1) is 26.3. The topological polar surface area (TPSA) is 134 Å². The third-order valence-corrected chi connectivity index (χ3v) is 6.33. The highest BCUT2D eigenvalue weighted by Crippen LogP contribution is 2.24. The van der Waals surface area contributed by atoms with E-state index in [-0.39, 0.29) is 18.1 Å². The van der Waals surface area contributed by atoms with Gasteiger partial charge >= 0.3 is 12.1 Å². The van der Waals surface area contributed by atoms with Crippen molar-refractivity contribution in [2.75, 3.05) is 50.1 Å². The van der Waals surface area contributed by atoms with Gasteiger partial charge in [0.1, 0.15) is 17.7 Å². The van der Waals surface area contributed by atoms with Crippen LogP contribution in [0.25, 0.3) is 0 Å². The molecule has 0 saturated carbocycles. The number of ether oxygens (including phenoxy) is 2. The largest absolute Gasteiger partial charge is 0.477 e. The molecule has 0 aromatic carbocycles. The lowest BCUT2D eigenvalue weighted by molar-refractivity contribution is 0.195. The van der Waals surface area contributed by atoms with Crippen LogP contribution in [0.15, 0.2) is 30.7 Å². The van der Waals surface area contributed by atoms with Gasteiger partial charge in [-0.1, -0.05) is 0 Å². The van der Waals surface area contributed by atoms with E-state index in [9.17, 15) is 14.0 Å². The van der Waals surface area contributed by atoms with Crippen LogP contribution in [0, 0.1) is 0 Å². The molecule has 0 bridgehead atoms. The summed E-state index contributed by atoms with van der Waals surface area (Å²) in [6.07, 6.45) is 5.08. The number of halogens is 1. The summed E-state index contributed by atoms with van der Waals surface area (Å²) in [6, 6.07) is 2.85. The minimum Gasteiger partial charge on any atom is -0.477 e. The van der Waals surface area contributed by atoms with E-state index in [0.717, 1.165) is 19.4 Å². The van der Waals surface area contributed by atoms with Gasteiger partial charge in [-0.15, -0.1) is 0 Å². The van der Waals surface area contributed by atoms with E-state index < -0.39 is 12.3 Å². The maximum atomic E-state index is 13.3. The molecule has 0 aliphatic carbocycles. The Morgan fingerprint density at radius 2 is 2.16 bits per heavy atom. The zero-order chi connectivity index (χ0) is 26.2. The minimum atomic E-state index is -0.884. The molecule has 3 N–H and O–H groups in total. The monoisotopic (exact) mass is 516 g/mol. The predicted octanol–water partition coefficient (Wildman–Crippen LogP) is 2.19. The lowest BCUT2D eigenvalue weighted by Crippen LogP contribution is -2.50. The van der Waals surface area contributed by atoms with Crippen molar-refractivity contribution in [2.45, 2.75) is 44.4 Å². The molecule has 37 heavy (non-hydrogen) atoms. The second-order valence-electron chi connectivity index (χ2n) is 9.01. The summed E-state index contributed by atoms with van der Waals surface area (Å²) in [5.74, 6) is 1.74. The summed E-state index contributed by atoms with van der Waals surface area (Å²) < 4.78 is 23.9. The number of rotatable bonds is 8. The standard InChI is InChI=1S/C24H33FN8O4/c1-3-36-22-14-28-20(13-29-22)31-23(34)32(2)18-5-4-8-33(15-18)21-10-19(6-7-26-21)37-24(35)30-12-17-9-16(25)11-27-17/h6-7,10,13-14,16-18,27H,3-5,8-9,11-12,15H2,1-2H3,(H,30,35)(H,28,31,34)/t16-,17+,18+/m1/s1. The second kappa shape index (κ2) is 12.5. The number of pyridine rings is 1. The van der Waals surface area contributed by atoms with Crippen LogP contribution in [-0.4, -0.2) is 90.1 Å². The number of aromatic nitrogens is 3. The lowest BCUT2D eigenvalue weighted by atomic mass is 10.0. The Balaban J connectivity index is 1.29. The van der Waals surface area contributed by atoms with Gasteiger partial charge in [0.2, 0.25) is 5.88 Å². The number of nitrogens with zero attached hydrogens (tertiary/aromatic N) is 5. The highest BCUT2D eigenvalue weighted by Gasteiger charge is 2.28. The van der Waals surface area contributed by atoms with E-state index in [1.54, 1.807) is 30.3 Å². The zero-order valence-electron chi connectivity index (χ0n) is 21.0. The summed E-state index contributed by atoms with van der Waals surface area (Å²) in [5.41, 5.74) is 0. The van der Waals surface area contributed by atoms with Gasteiger partial charge in [-0.25, -0.2) is 28.9 Å². The summed E-state index contributed by atoms with van der Waals surface area (Å²) >= 11 is 0. The van der Waals surface area contributed by atoms with Crippen molar-refractivity contribution in [2.24, 2.45) is 0 Å². The smallest absolute Gasteiger partial charge is 0.412 e. The Morgan fingerprint density at radius 3 is 2.89 bits per heavy atom. The number of hydrogen-bond acceptors (Lipinski definition) is 9. The normalized spacial score (nSPS) is 21.3. The molecule has 4 heterocycles. The van der Waals surface area contributed by atoms with Gasteiger partial charge in [-0.05, 0) is 32.3 Å². The van der Waals surface area contributed by atoms with E-state index >= 15 is 0 Å². The van der Waals surface area contributed by atoms with E-state index in [2.05, 4.69) is 35.8 Å². The number of amides is 3. The second-order valence-corrected chi connectivity index (χ2v) is 9.01. The maximum Gasteiger partial charge on any atom is 0.412 e. The number of hydrogen-bond donors (Lipinski definition) is 3. The summed E-state index contributed by atoms with van der Waals surface area (Å²) in [7, 11) is 1.74. The third-order valence-electron chi connectivity index (χ3n) is 6.33. The molecule has 3 atom stereocenters. The van der Waals surface area contributed by atoms with Crippen molar-refractivity contribution >= 4 is 23.8 Å². The van der Waals surface area contributed by atoms with Crippen molar-refractivity contribution in [3.63, 3.8) is 0 Å². The Hall–Kier alpha value is -3.74. The third kappa shape index (κ3) is 7.38. The van der Waals surface area contributed by atoms with E-state index in [0.29, 0.717) is 55.9 Å². The van der Waals surface area contributed by atoms with Crippen LogP contribution in [-0.2, 0) is 0 Å². The van der Waals surface area contributed by atoms with Crippen LogP contribution < -0.4 is 30.3 Å². The Bertz CT molecular complexity index is 1060. The molecular weight excluding hydrogens is 483 g/mol. The number of urea groups is 1. The van der Waals surface area contributed by atoms with Crippen molar-refractivity contribution in [1.82, 2.24) is 30.5 Å². The number of likely N-dealkylation sites (N-methyl/N-ethyl adjacent to an activating group) is 1. The van der Waals surface area contributed by atoms with Crippen molar-refractivity contribution in [3.8, 4) is 11.6 Å². The highest BCUT2D eigenvalue weighted by atomic mass is 19.1. The number of carbonyl (C=O) groups is 2. The summed E-state index contributed by atoms with van der Waals surface area (Å²) in [5, 5.41) is 8.44. The Labute approximate surface area is 214 Å². The molecule has 2 aromatic heterocycles. The molecule has 2 fully saturated rings. The van der Waals surface area contributed by atoms with Crippen LogP contribution in [0.3, 0.4) is 0 Å². The molecule has 200 valence electrons. The van der Waals surface area contributed by atoms with Crippen LogP contribution in [0.1, 0.15) is 26.2 Å². The van der Waals surface area contributed by atoms with Gasteiger partial charge in [0, 0.05) is 51.5 Å². The van der Waals surface area contributed by atoms with Gasteiger partial charge in [0.15, 0.2) is 5.82 Å². The molecule has 2 aliphatic heterocycles. The molecule has 13 heteroatoms. The summed E-state index contributed by atoms with van der Waals surface area (Å²) in [6.45, 7) is 4.27. The first-order chi connectivity index (χ1) is 17.9. The van der Waals surface area contributed by atoms with Crippen molar-refractivity contribution < 1.29 is 23.5 Å². The van der Waals surface area contributed by atoms with Crippen molar-refractivity contribution in [1.29, 1.82) is 0 Å². The number of piperidine rings is 1. The van der Waals surface area contributed by atoms with Crippen molar-refractivity contribution in [3.05, 3.63) is 30.7 Å². The number of alkyl halides is 1. The molecule has 3 amide bonds. The fraction of sp³-hybridized carbons (Fsp3) is 0.542. The highest BCUT2D eigenvalue weighted by molar-refractivity contribution is 5.88. The number of carbonyl (C=O) groups excluding carboxylic acids is 2. The molecule has 0 radical (unpaired) electrons. The van der Waals surface area contributed by atoms with Gasteiger partial charge in [-0.3, -0.25) is 5.32 Å². The van der Waals surface area contributed by atoms with Crippen LogP contribution in [0.5, 0.6) is 11.6 Å². The predicted molar refractivity (Wildman–Crippen MR) is 135 cm³/mol. The fourth-order valence-electron chi connectivity index (χ4n) is 4.36. The molecule has 0 unspecified atom stereocenters. The Morgan fingerprint density at radius 1 is 1.30 bits per heavy atom. The molecule has 2 aliphatic rings. The van der Waals surface area contributed by atoms with Crippen LogP contribution in [0.4, 0.5) is 25.6 Å². The van der Waals surface area contributed by atoms with Gasteiger partial charge < -0.3 is 29.9 Å². The molecule has 2 saturated heterocycles. The molecule has 2 aromatic rings. The number of anilines is 2. The number of nitrogens with one attached hydrogen (secondary N) is 3. The fourth-order valence-corrected chi connectivity index (χ4v) is 4.36. The van der Waals surface area contributed by atoms with Gasteiger partial charge in [0.05, 0.1) is 25.0 Å². The van der Waals surface area contributed by atoms with E-state index in [1.165, 1.54) is 12.4 Å². The maximum absolute atomic E-state index is 13.3. The molecule has 4 rings (SSSR count). The minimum absolute atomic E-state index is 0.0580. The van der Waals surface area contributed by atoms with Crippen LogP contribution >= 0.6 is 0 Å².